The lowest BCUT2D eigenvalue weighted by atomic mass is 9.98. The molecule has 2 heteroatoms. The van der Waals surface area contributed by atoms with E-state index in [4.69, 9.17) is 0 Å². The Morgan fingerprint density at radius 3 is 2.48 bits per heavy atom. The average molecular weight is 282 g/mol. The normalized spacial score (nSPS) is 12.3. The van der Waals surface area contributed by atoms with Crippen LogP contribution < -0.4 is 5.32 Å². The van der Waals surface area contributed by atoms with E-state index in [0.717, 1.165) is 25.8 Å². The quantitative estimate of drug-likeness (QED) is 0.821. The second kappa shape index (κ2) is 7.94. The van der Waals surface area contributed by atoms with Gasteiger partial charge in [0.25, 0.3) is 0 Å². The van der Waals surface area contributed by atoms with E-state index in [9.17, 15) is 0 Å². The van der Waals surface area contributed by atoms with Crippen LogP contribution in [0.3, 0.4) is 0 Å². The highest BCUT2D eigenvalue weighted by molar-refractivity contribution is 5.27. The number of pyridine rings is 1. The summed E-state index contributed by atoms with van der Waals surface area (Å²) in [6.07, 6.45) is 5.06. The van der Waals surface area contributed by atoms with Crippen molar-refractivity contribution in [2.24, 2.45) is 0 Å². The molecule has 0 saturated heterocycles. The first-order valence-corrected chi connectivity index (χ1v) is 7.97. The molecule has 1 N–H and O–H groups in total. The first-order chi connectivity index (χ1) is 10.2. The minimum Gasteiger partial charge on any atom is -0.310 e. The molecule has 0 radical (unpaired) electrons. The number of rotatable bonds is 7. The van der Waals surface area contributed by atoms with Gasteiger partial charge in [-0.05, 0) is 49.1 Å². The topological polar surface area (TPSA) is 24.9 Å². The summed E-state index contributed by atoms with van der Waals surface area (Å²) in [6, 6.07) is 13.5. The van der Waals surface area contributed by atoms with Crippen LogP contribution in [0.4, 0.5) is 0 Å². The Morgan fingerprint density at radius 2 is 1.86 bits per heavy atom. The van der Waals surface area contributed by atoms with Crippen molar-refractivity contribution >= 4 is 0 Å². The van der Waals surface area contributed by atoms with E-state index in [2.05, 4.69) is 61.4 Å². The van der Waals surface area contributed by atoms with E-state index < -0.39 is 0 Å². The van der Waals surface area contributed by atoms with Gasteiger partial charge in [0.1, 0.15) is 0 Å². The number of hydrogen-bond acceptors (Lipinski definition) is 2. The van der Waals surface area contributed by atoms with Crippen LogP contribution in [0.25, 0.3) is 0 Å². The summed E-state index contributed by atoms with van der Waals surface area (Å²) < 4.78 is 0. The lowest BCUT2D eigenvalue weighted by molar-refractivity contribution is 0.523. The van der Waals surface area contributed by atoms with Crippen LogP contribution in [-0.4, -0.2) is 11.5 Å². The van der Waals surface area contributed by atoms with Crippen molar-refractivity contribution in [3.63, 3.8) is 0 Å². The van der Waals surface area contributed by atoms with Crippen LogP contribution in [0, 0.1) is 6.92 Å². The summed E-state index contributed by atoms with van der Waals surface area (Å²) >= 11 is 0. The summed E-state index contributed by atoms with van der Waals surface area (Å²) in [4.78, 5) is 4.55. The molecule has 1 unspecified atom stereocenters. The van der Waals surface area contributed by atoms with Gasteiger partial charge in [0.15, 0.2) is 0 Å². The average Bonchev–Trinajstić information content (AvgIpc) is 2.53. The van der Waals surface area contributed by atoms with Crippen LogP contribution in [0.15, 0.2) is 42.6 Å². The maximum Gasteiger partial charge on any atom is 0.0451 e. The van der Waals surface area contributed by atoms with Gasteiger partial charge in [-0.3, -0.25) is 4.98 Å². The number of aryl methyl sites for hydroxylation is 2. The Kier molecular flexibility index (Phi) is 5.94. The Morgan fingerprint density at radius 1 is 1.10 bits per heavy atom. The standard InChI is InChI=1S/C19H26N2/c1-4-12-20-19(14-18-15(3)7-6-13-21-18)17-10-8-16(5-2)9-11-17/h6-11,13,19-20H,4-5,12,14H2,1-3H3. The van der Waals surface area contributed by atoms with E-state index in [1.54, 1.807) is 0 Å². The predicted molar refractivity (Wildman–Crippen MR) is 89.5 cm³/mol. The lowest BCUT2D eigenvalue weighted by Crippen LogP contribution is -2.24. The largest absolute Gasteiger partial charge is 0.310 e. The highest BCUT2D eigenvalue weighted by Gasteiger charge is 2.13. The summed E-state index contributed by atoms with van der Waals surface area (Å²) in [7, 11) is 0. The first kappa shape index (κ1) is 15.7. The first-order valence-electron chi connectivity index (χ1n) is 7.97. The molecule has 0 fully saturated rings. The van der Waals surface area contributed by atoms with Gasteiger partial charge in [-0.2, -0.15) is 0 Å². The molecule has 0 spiro atoms. The second-order valence-electron chi connectivity index (χ2n) is 5.57. The molecule has 2 nitrogen and oxygen atoms in total. The molecule has 2 rings (SSSR count). The molecule has 0 amide bonds. The molecule has 0 bridgehead atoms. The molecule has 1 aromatic carbocycles. The Hall–Kier alpha value is -1.67. The molecule has 0 aliphatic carbocycles. The zero-order chi connectivity index (χ0) is 15.1. The monoisotopic (exact) mass is 282 g/mol. The Bertz CT molecular complexity index is 546. The lowest BCUT2D eigenvalue weighted by Gasteiger charge is -2.20. The van der Waals surface area contributed by atoms with Crippen molar-refractivity contribution in [1.82, 2.24) is 10.3 Å². The third-order valence-electron chi connectivity index (χ3n) is 3.95. The smallest absolute Gasteiger partial charge is 0.0451 e. The second-order valence-corrected chi connectivity index (χ2v) is 5.57. The molecule has 0 aliphatic rings. The summed E-state index contributed by atoms with van der Waals surface area (Å²) in [5, 5.41) is 3.66. The minimum atomic E-state index is 0.337. The van der Waals surface area contributed by atoms with Gasteiger partial charge in [-0.1, -0.05) is 44.2 Å². The number of aromatic nitrogens is 1. The zero-order valence-corrected chi connectivity index (χ0v) is 13.4. The van der Waals surface area contributed by atoms with Crippen LogP contribution in [0.2, 0.25) is 0 Å². The van der Waals surface area contributed by atoms with E-state index in [0.29, 0.717) is 6.04 Å². The molecule has 0 saturated carbocycles. The van der Waals surface area contributed by atoms with E-state index >= 15 is 0 Å². The number of nitrogens with one attached hydrogen (secondary N) is 1. The van der Waals surface area contributed by atoms with Crippen molar-refractivity contribution in [2.45, 2.75) is 46.1 Å². The van der Waals surface area contributed by atoms with Crippen molar-refractivity contribution < 1.29 is 0 Å². The minimum absolute atomic E-state index is 0.337. The van der Waals surface area contributed by atoms with Gasteiger partial charge in [0.05, 0.1) is 0 Å². The molecule has 1 atom stereocenters. The fourth-order valence-corrected chi connectivity index (χ4v) is 2.54. The summed E-state index contributed by atoms with van der Waals surface area (Å²) in [6.45, 7) is 7.57. The van der Waals surface area contributed by atoms with Gasteiger partial charge in [0.2, 0.25) is 0 Å². The Balaban J connectivity index is 2.18. The number of benzene rings is 1. The molecule has 112 valence electrons. The van der Waals surface area contributed by atoms with Crippen molar-refractivity contribution in [1.29, 1.82) is 0 Å². The van der Waals surface area contributed by atoms with E-state index in [1.165, 1.54) is 22.4 Å². The van der Waals surface area contributed by atoms with Gasteiger partial charge >= 0.3 is 0 Å². The van der Waals surface area contributed by atoms with Crippen molar-refractivity contribution in [3.8, 4) is 0 Å². The van der Waals surface area contributed by atoms with Crippen LogP contribution in [0.5, 0.6) is 0 Å². The fraction of sp³-hybridized carbons (Fsp3) is 0.421. The fourth-order valence-electron chi connectivity index (χ4n) is 2.54. The summed E-state index contributed by atoms with van der Waals surface area (Å²) in [5.41, 5.74) is 5.20. The molecular formula is C19H26N2. The van der Waals surface area contributed by atoms with Gasteiger partial charge in [0, 0.05) is 24.4 Å². The van der Waals surface area contributed by atoms with Crippen molar-refractivity contribution in [2.75, 3.05) is 6.54 Å². The molecule has 0 aliphatic heterocycles. The molecule has 21 heavy (non-hydrogen) atoms. The third-order valence-corrected chi connectivity index (χ3v) is 3.95. The van der Waals surface area contributed by atoms with E-state index in [1.807, 2.05) is 12.3 Å². The zero-order valence-electron chi connectivity index (χ0n) is 13.4. The van der Waals surface area contributed by atoms with Crippen LogP contribution >= 0.6 is 0 Å². The highest BCUT2D eigenvalue weighted by atomic mass is 14.9. The molecular weight excluding hydrogens is 256 g/mol. The predicted octanol–water partition coefficient (Wildman–Crippen LogP) is 4.24. The van der Waals surface area contributed by atoms with Crippen molar-refractivity contribution in [3.05, 3.63) is 65.0 Å². The maximum atomic E-state index is 4.55. The third kappa shape index (κ3) is 4.40. The molecule has 1 aromatic heterocycles. The maximum absolute atomic E-state index is 4.55. The number of nitrogens with zero attached hydrogens (tertiary/aromatic N) is 1. The molecule has 1 heterocycles. The Labute approximate surface area is 128 Å². The van der Waals surface area contributed by atoms with Crippen LogP contribution in [0.1, 0.15) is 48.7 Å². The summed E-state index contributed by atoms with van der Waals surface area (Å²) in [5.74, 6) is 0. The van der Waals surface area contributed by atoms with Gasteiger partial charge < -0.3 is 5.32 Å². The SMILES string of the molecule is CCCNC(Cc1ncccc1C)c1ccc(CC)cc1. The van der Waals surface area contributed by atoms with E-state index in [-0.39, 0.29) is 0 Å². The highest BCUT2D eigenvalue weighted by Crippen LogP contribution is 2.20. The van der Waals surface area contributed by atoms with Gasteiger partial charge in [-0.15, -0.1) is 0 Å². The molecule has 2 aromatic rings. The number of hydrogen-bond donors (Lipinski definition) is 1. The van der Waals surface area contributed by atoms with Gasteiger partial charge in [-0.25, -0.2) is 0 Å². The van der Waals surface area contributed by atoms with Crippen LogP contribution in [-0.2, 0) is 12.8 Å².